The second-order valence-corrected chi connectivity index (χ2v) is 5.96. The summed E-state index contributed by atoms with van der Waals surface area (Å²) in [6.45, 7) is 0. The second-order valence-electron chi connectivity index (χ2n) is 5.58. The Morgan fingerprint density at radius 3 is 2.54 bits per heavy atom. The molecule has 0 radical (unpaired) electrons. The summed E-state index contributed by atoms with van der Waals surface area (Å²) >= 11 is 5.67. The molecule has 1 unspecified atom stereocenters. The molecule has 1 amide bonds. The molecular weight excluding hydrogens is 362 g/mol. The van der Waals surface area contributed by atoms with Crippen LogP contribution in [0.25, 0.3) is 0 Å². The number of amides is 1. The smallest absolute Gasteiger partial charge is 0.475 e. The van der Waals surface area contributed by atoms with Crippen LogP contribution in [0.4, 0.5) is 0 Å². The molecule has 2 rings (SSSR count). The van der Waals surface area contributed by atoms with Crippen molar-refractivity contribution >= 4 is 30.6 Å². The molecule has 0 spiro atoms. The quantitative estimate of drug-likeness (QED) is 0.347. The summed E-state index contributed by atoms with van der Waals surface area (Å²) < 4.78 is 0. The molecule has 0 aliphatic carbocycles. The highest BCUT2D eigenvalue weighted by Crippen LogP contribution is 2.24. The third-order valence-electron chi connectivity index (χ3n) is 3.65. The molecule has 136 valence electrons. The van der Waals surface area contributed by atoms with E-state index in [1.807, 2.05) is 0 Å². The third kappa shape index (κ3) is 5.19. The van der Waals surface area contributed by atoms with E-state index < -0.39 is 30.7 Å². The number of halogens is 1. The normalized spacial score (nSPS) is 11.7. The summed E-state index contributed by atoms with van der Waals surface area (Å²) in [5.74, 6) is -3.44. The zero-order chi connectivity index (χ0) is 19.3. The van der Waals surface area contributed by atoms with E-state index in [0.29, 0.717) is 5.56 Å². The van der Waals surface area contributed by atoms with Gasteiger partial charge >= 0.3 is 13.1 Å². The molecule has 0 saturated carbocycles. The van der Waals surface area contributed by atoms with Crippen LogP contribution in [0.15, 0.2) is 36.5 Å². The van der Waals surface area contributed by atoms with E-state index in [0.717, 1.165) is 0 Å². The lowest BCUT2D eigenvalue weighted by atomic mass is 9.75. The van der Waals surface area contributed by atoms with Gasteiger partial charge in [-0.05, 0) is 29.7 Å². The first kappa shape index (κ1) is 19.7. The number of pyridine rings is 1. The van der Waals surface area contributed by atoms with Gasteiger partial charge < -0.3 is 25.6 Å². The molecule has 10 heteroatoms. The molecule has 0 fully saturated rings. The molecule has 0 bridgehead atoms. The van der Waals surface area contributed by atoms with Gasteiger partial charge in [0.15, 0.2) is 0 Å². The minimum atomic E-state index is -1.91. The van der Waals surface area contributed by atoms with Crippen LogP contribution in [-0.4, -0.2) is 50.2 Å². The number of carboxylic acid groups (broad SMARTS) is 1. The van der Waals surface area contributed by atoms with Gasteiger partial charge in [-0.1, -0.05) is 29.8 Å². The number of benzene rings is 1. The van der Waals surface area contributed by atoms with Gasteiger partial charge in [-0.25, -0.2) is 9.78 Å². The first-order chi connectivity index (χ1) is 12.3. The van der Waals surface area contributed by atoms with E-state index >= 15 is 0 Å². The minimum absolute atomic E-state index is 0.0610. The highest BCUT2D eigenvalue weighted by molar-refractivity contribution is 6.43. The second kappa shape index (κ2) is 8.66. The molecule has 0 aliphatic heterocycles. The van der Waals surface area contributed by atoms with Gasteiger partial charge in [0, 0.05) is 6.20 Å². The summed E-state index contributed by atoms with van der Waals surface area (Å²) in [7, 11) is -1.91. The first-order valence-electron chi connectivity index (χ1n) is 7.58. The number of rotatable bonds is 7. The standard InChI is InChI=1S/C16H16BClN2O6/c18-13-5-4-9(8-19-13)6-14(21)20-12(17(25)26)7-10-2-1-3-11(15(10)22)16(23)24/h1-5,8,12,22,25-26H,6-7H2,(H,20,21)(H,23,24). The van der Waals surface area contributed by atoms with Gasteiger partial charge in [-0.3, -0.25) is 4.79 Å². The lowest BCUT2D eigenvalue weighted by Crippen LogP contribution is -2.48. The van der Waals surface area contributed by atoms with Crippen molar-refractivity contribution in [3.63, 3.8) is 0 Å². The van der Waals surface area contributed by atoms with Crippen molar-refractivity contribution in [3.8, 4) is 5.75 Å². The predicted octanol–water partition coefficient (Wildman–Crippen LogP) is 0.421. The van der Waals surface area contributed by atoms with Crippen LogP contribution in [0.5, 0.6) is 5.75 Å². The lowest BCUT2D eigenvalue weighted by molar-refractivity contribution is -0.120. The van der Waals surface area contributed by atoms with Crippen molar-refractivity contribution in [2.24, 2.45) is 0 Å². The van der Waals surface area contributed by atoms with Crippen molar-refractivity contribution in [2.45, 2.75) is 18.8 Å². The highest BCUT2D eigenvalue weighted by Gasteiger charge is 2.27. The Labute approximate surface area is 154 Å². The van der Waals surface area contributed by atoms with Crippen LogP contribution >= 0.6 is 11.6 Å². The van der Waals surface area contributed by atoms with E-state index in [9.17, 15) is 24.7 Å². The molecule has 26 heavy (non-hydrogen) atoms. The van der Waals surface area contributed by atoms with Crippen LogP contribution in [-0.2, 0) is 17.6 Å². The van der Waals surface area contributed by atoms with Crippen LogP contribution in [0.1, 0.15) is 21.5 Å². The van der Waals surface area contributed by atoms with Crippen molar-refractivity contribution < 1.29 is 29.9 Å². The molecule has 0 saturated heterocycles. The van der Waals surface area contributed by atoms with E-state index in [2.05, 4.69) is 10.3 Å². The van der Waals surface area contributed by atoms with Crippen molar-refractivity contribution in [3.05, 3.63) is 58.4 Å². The number of aromatic hydroxyl groups is 1. The fraction of sp³-hybridized carbons (Fsp3) is 0.188. The van der Waals surface area contributed by atoms with E-state index in [4.69, 9.17) is 16.7 Å². The number of hydrogen-bond acceptors (Lipinski definition) is 6. The predicted molar refractivity (Wildman–Crippen MR) is 93.8 cm³/mol. The van der Waals surface area contributed by atoms with Crippen LogP contribution in [0.3, 0.4) is 0 Å². The number of aromatic nitrogens is 1. The van der Waals surface area contributed by atoms with Crippen molar-refractivity contribution in [1.82, 2.24) is 10.3 Å². The Morgan fingerprint density at radius 1 is 1.23 bits per heavy atom. The number of carbonyl (C=O) groups is 2. The van der Waals surface area contributed by atoms with Crippen LogP contribution in [0, 0.1) is 0 Å². The van der Waals surface area contributed by atoms with Gasteiger partial charge in [-0.15, -0.1) is 0 Å². The molecular formula is C16H16BClN2O6. The molecule has 1 atom stereocenters. The summed E-state index contributed by atoms with van der Waals surface area (Å²) in [4.78, 5) is 27.0. The number of nitrogens with zero attached hydrogens (tertiary/aromatic N) is 1. The topological polar surface area (TPSA) is 140 Å². The van der Waals surface area contributed by atoms with Gasteiger partial charge in [-0.2, -0.15) is 0 Å². The maximum Gasteiger partial charge on any atom is 0.475 e. The number of hydrogen-bond donors (Lipinski definition) is 5. The zero-order valence-corrected chi connectivity index (χ0v) is 14.2. The molecule has 5 N–H and O–H groups in total. The number of aromatic carboxylic acids is 1. The average molecular weight is 379 g/mol. The molecule has 1 aromatic heterocycles. The minimum Gasteiger partial charge on any atom is -0.507 e. The van der Waals surface area contributed by atoms with E-state index in [-0.39, 0.29) is 29.1 Å². The number of carboxylic acids is 1. The molecule has 0 aliphatic rings. The van der Waals surface area contributed by atoms with Crippen molar-refractivity contribution in [2.75, 3.05) is 0 Å². The lowest BCUT2D eigenvalue weighted by Gasteiger charge is -2.19. The molecule has 2 aromatic rings. The third-order valence-corrected chi connectivity index (χ3v) is 3.87. The summed E-state index contributed by atoms with van der Waals surface area (Å²) in [6.07, 6.45) is 1.19. The number of phenols is 1. The average Bonchev–Trinajstić information content (AvgIpc) is 2.57. The largest absolute Gasteiger partial charge is 0.507 e. The van der Waals surface area contributed by atoms with Gasteiger partial charge in [0.1, 0.15) is 16.5 Å². The van der Waals surface area contributed by atoms with Crippen LogP contribution in [0.2, 0.25) is 5.15 Å². The summed E-state index contributed by atoms with van der Waals surface area (Å²) in [5.41, 5.74) is 0.428. The Bertz CT molecular complexity index is 800. The Morgan fingerprint density at radius 2 is 1.96 bits per heavy atom. The SMILES string of the molecule is O=C(Cc1ccc(Cl)nc1)NC(Cc1cccc(C(=O)O)c1O)B(O)O. The van der Waals surface area contributed by atoms with E-state index in [1.54, 1.807) is 6.07 Å². The Kier molecular flexibility index (Phi) is 6.56. The monoisotopic (exact) mass is 378 g/mol. The Hall–Kier alpha value is -2.62. The van der Waals surface area contributed by atoms with Gasteiger partial charge in [0.05, 0.1) is 12.4 Å². The summed E-state index contributed by atoms with van der Waals surface area (Å²) in [5, 5.41) is 40.8. The maximum atomic E-state index is 12.1. The molecule has 1 aromatic carbocycles. The van der Waals surface area contributed by atoms with Gasteiger partial charge in [0.25, 0.3) is 0 Å². The number of nitrogens with one attached hydrogen (secondary N) is 1. The maximum absolute atomic E-state index is 12.1. The zero-order valence-electron chi connectivity index (χ0n) is 13.5. The number of carbonyl (C=O) groups excluding carboxylic acids is 1. The fourth-order valence-corrected chi connectivity index (χ4v) is 2.46. The molecule has 1 heterocycles. The summed E-state index contributed by atoms with van der Waals surface area (Å²) in [6, 6.07) is 7.21. The first-order valence-corrected chi connectivity index (χ1v) is 7.95. The Balaban J connectivity index is 2.09. The van der Waals surface area contributed by atoms with Crippen LogP contribution < -0.4 is 5.32 Å². The highest BCUT2D eigenvalue weighted by atomic mass is 35.5. The van der Waals surface area contributed by atoms with E-state index in [1.165, 1.54) is 30.5 Å². The molecule has 8 nitrogen and oxygen atoms in total. The number of para-hydroxylation sites is 1. The van der Waals surface area contributed by atoms with Crippen molar-refractivity contribution in [1.29, 1.82) is 0 Å². The fourth-order valence-electron chi connectivity index (χ4n) is 2.35. The van der Waals surface area contributed by atoms with Gasteiger partial charge in [0.2, 0.25) is 5.91 Å².